The van der Waals surface area contributed by atoms with Crippen molar-refractivity contribution in [1.82, 2.24) is 0 Å². The molecule has 17 heavy (non-hydrogen) atoms. The van der Waals surface area contributed by atoms with Gasteiger partial charge in [-0.3, -0.25) is 4.79 Å². The Morgan fingerprint density at radius 1 is 1.41 bits per heavy atom. The van der Waals surface area contributed by atoms with Crippen molar-refractivity contribution in [1.29, 1.82) is 0 Å². The predicted octanol–water partition coefficient (Wildman–Crippen LogP) is 2.03. The quantitative estimate of drug-likeness (QED) is 0.775. The maximum absolute atomic E-state index is 12.0. The molecule has 2 atom stereocenters. The summed E-state index contributed by atoms with van der Waals surface area (Å²) in [5.74, 6) is -0.327. The Hall–Kier alpha value is -0.610. The van der Waals surface area contributed by atoms with Gasteiger partial charge in [0.2, 0.25) is 0 Å². The van der Waals surface area contributed by atoms with Crippen LogP contribution >= 0.6 is 24.0 Å². The van der Waals surface area contributed by atoms with Crippen LogP contribution in [0.3, 0.4) is 0 Å². The summed E-state index contributed by atoms with van der Waals surface area (Å²) >= 11 is 6.05. The lowest BCUT2D eigenvalue weighted by atomic mass is 10.2. The summed E-state index contributed by atoms with van der Waals surface area (Å²) in [5, 5.41) is 10.1. The van der Waals surface area contributed by atoms with Crippen LogP contribution in [0.25, 0.3) is 0 Å². The Morgan fingerprint density at radius 2 is 2.06 bits per heavy atom. The van der Waals surface area contributed by atoms with E-state index in [9.17, 15) is 9.90 Å². The zero-order valence-electron chi connectivity index (χ0n) is 9.23. The summed E-state index contributed by atoms with van der Waals surface area (Å²) in [5.41, 5.74) is 5.60. The number of hydrogen-bond donors (Lipinski definition) is 2. The van der Waals surface area contributed by atoms with Gasteiger partial charge < -0.3 is 10.8 Å². The molecule has 1 saturated carbocycles. The zero-order valence-corrected chi connectivity index (χ0v) is 10.8. The Labute approximate surface area is 111 Å². The molecule has 2 rings (SSSR count). The number of Topliss-reactive ketones (excluding diaryl/α,β-unsaturated/α-hetero) is 1. The molecular weight excluding hydrogens is 267 g/mol. The van der Waals surface area contributed by atoms with Gasteiger partial charge in [0.15, 0.2) is 5.78 Å². The van der Waals surface area contributed by atoms with E-state index in [1.807, 2.05) is 0 Å². The molecular formula is C12H15Cl2NO2. The highest BCUT2D eigenvalue weighted by molar-refractivity contribution is 6.31. The molecule has 0 bridgehead atoms. The third kappa shape index (κ3) is 2.47. The van der Waals surface area contributed by atoms with Crippen LogP contribution in [0.5, 0.6) is 0 Å². The number of halogens is 2. The van der Waals surface area contributed by atoms with Crippen molar-refractivity contribution in [3.63, 3.8) is 0 Å². The summed E-state index contributed by atoms with van der Waals surface area (Å²) in [6.07, 6.45) is 0.791. The van der Waals surface area contributed by atoms with Crippen molar-refractivity contribution >= 4 is 29.8 Å². The maximum Gasteiger partial charge on any atom is 0.185 e. The molecule has 1 aromatic rings. The van der Waals surface area contributed by atoms with Gasteiger partial charge in [-0.2, -0.15) is 0 Å². The number of nitrogens with two attached hydrogens (primary N) is 1. The number of carbonyl (C=O) groups is 1. The molecule has 0 spiro atoms. The molecule has 0 aromatic heterocycles. The highest BCUT2D eigenvalue weighted by Gasteiger charge is 2.43. The monoisotopic (exact) mass is 281 g/mol. The highest BCUT2D eigenvalue weighted by atomic mass is 35.5. The SMILES string of the molecule is Cl.N[13C]1(c2ccccc2Cl)[13CH2][13CH2][13CH2][13CH](O)[13C]1=O. The van der Waals surface area contributed by atoms with Gasteiger partial charge in [-0.1, -0.05) is 29.8 Å². The molecule has 94 valence electrons. The van der Waals surface area contributed by atoms with E-state index in [1.54, 1.807) is 24.3 Å². The fraction of sp³-hybridized carbons (Fsp3) is 0.417. The summed E-state index contributed by atoms with van der Waals surface area (Å²) < 4.78 is 0. The first-order valence-electron chi connectivity index (χ1n) is 5.32. The second-order valence-corrected chi connectivity index (χ2v) is 4.63. The van der Waals surface area contributed by atoms with Crippen LogP contribution in [0.15, 0.2) is 24.3 Å². The molecule has 2 unspecified atom stereocenters. The Bertz CT molecular complexity index is 425. The van der Waals surface area contributed by atoms with Crippen molar-refractivity contribution in [2.45, 2.75) is 30.9 Å². The molecule has 0 heterocycles. The van der Waals surface area contributed by atoms with Crippen molar-refractivity contribution < 1.29 is 9.90 Å². The topological polar surface area (TPSA) is 63.3 Å². The van der Waals surface area contributed by atoms with Crippen molar-refractivity contribution in [2.24, 2.45) is 5.73 Å². The average Bonchev–Trinajstić information content (AvgIpc) is 2.26. The van der Waals surface area contributed by atoms with E-state index >= 15 is 0 Å². The Morgan fingerprint density at radius 3 is 2.71 bits per heavy atom. The van der Waals surface area contributed by atoms with Gasteiger partial charge >= 0.3 is 0 Å². The molecule has 1 aliphatic rings. The van der Waals surface area contributed by atoms with E-state index in [-0.39, 0.29) is 18.2 Å². The summed E-state index contributed by atoms with van der Waals surface area (Å²) in [4.78, 5) is 12.0. The summed E-state index contributed by atoms with van der Waals surface area (Å²) in [6, 6.07) is 7.04. The van der Waals surface area contributed by atoms with Crippen LogP contribution in [-0.2, 0) is 10.3 Å². The Kier molecular flexibility index (Phi) is 4.55. The number of rotatable bonds is 1. The number of ketones is 1. The van der Waals surface area contributed by atoms with Gasteiger partial charge in [-0.15, -0.1) is 12.4 Å². The smallest absolute Gasteiger partial charge is 0.185 e. The van der Waals surface area contributed by atoms with Gasteiger partial charge in [-0.25, -0.2) is 0 Å². The molecule has 3 N–H and O–H groups in total. The summed E-state index contributed by atoms with van der Waals surface area (Å²) in [7, 11) is 0. The highest BCUT2D eigenvalue weighted by Crippen LogP contribution is 2.35. The average molecular weight is 282 g/mol. The van der Waals surface area contributed by atoms with E-state index in [0.717, 1.165) is 6.42 Å². The number of benzene rings is 1. The third-order valence-corrected chi connectivity index (χ3v) is 3.48. The first-order valence-corrected chi connectivity index (χ1v) is 5.70. The lowest BCUT2D eigenvalue weighted by molar-refractivity contribution is -0.136. The molecule has 3 nitrogen and oxygen atoms in total. The number of aliphatic hydroxyl groups is 1. The minimum atomic E-state index is -1.13. The minimum absolute atomic E-state index is 0. The third-order valence-electron chi connectivity index (χ3n) is 3.15. The van der Waals surface area contributed by atoms with Gasteiger partial charge in [0.05, 0.1) is 0 Å². The van der Waals surface area contributed by atoms with Gasteiger partial charge in [0.1, 0.15) is 11.6 Å². The van der Waals surface area contributed by atoms with Crippen LogP contribution in [0.4, 0.5) is 0 Å². The van der Waals surface area contributed by atoms with Crippen LogP contribution in [0.1, 0.15) is 24.8 Å². The predicted molar refractivity (Wildman–Crippen MR) is 69.4 cm³/mol. The molecule has 1 aliphatic carbocycles. The van der Waals surface area contributed by atoms with Gasteiger partial charge in [0, 0.05) is 5.02 Å². The van der Waals surface area contributed by atoms with Crippen LogP contribution in [-0.4, -0.2) is 17.0 Å². The van der Waals surface area contributed by atoms with E-state index in [0.29, 0.717) is 23.4 Å². The van der Waals surface area contributed by atoms with Crippen molar-refractivity contribution in [3.05, 3.63) is 34.9 Å². The van der Waals surface area contributed by atoms with Crippen LogP contribution in [0.2, 0.25) is 5.02 Å². The van der Waals surface area contributed by atoms with E-state index < -0.39 is 11.6 Å². The van der Waals surface area contributed by atoms with Gasteiger partial charge in [-0.05, 0) is 30.9 Å². The van der Waals surface area contributed by atoms with Gasteiger partial charge in [0.25, 0.3) is 0 Å². The largest absolute Gasteiger partial charge is 0.385 e. The van der Waals surface area contributed by atoms with E-state index in [1.165, 1.54) is 0 Å². The molecule has 5 heteroatoms. The second-order valence-electron chi connectivity index (χ2n) is 4.22. The number of aliphatic hydroxyl groups excluding tert-OH is 1. The zero-order chi connectivity index (χ0) is 11.8. The van der Waals surface area contributed by atoms with E-state index in [2.05, 4.69) is 0 Å². The second kappa shape index (κ2) is 5.36. The molecule has 0 amide bonds. The fourth-order valence-electron chi connectivity index (χ4n) is 2.22. The lowest BCUT2D eigenvalue weighted by Gasteiger charge is -2.35. The van der Waals surface area contributed by atoms with Crippen molar-refractivity contribution in [3.8, 4) is 0 Å². The standard InChI is InChI=1S/C12H14ClNO2.ClH/c13-9-5-2-1-4-8(9)12(14)7-3-6-10(15)11(12)16;/h1-2,4-5,10,15H,3,6-7,14H2;1H/i3+1,6+1,7+1,10+1,11+1,12+1;. The maximum atomic E-state index is 12.0. The lowest BCUT2D eigenvalue weighted by Crippen LogP contribution is -2.52. The molecule has 0 saturated heterocycles. The first-order chi connectivity index (χ1) is 7.55. The van der Waals surface area contributed by atoms with Crippen LogP contribution < -0.4 is 5.73 Å². The summed E-state index contributed by atoms with van der Waals surface area (Å²) in [6.45, 7) is 0. The van der Waals surface area contributed by atoms with Crippen LogP contribution in [0, 0.1) is 0 Å². The Balaban J connectivity index is 0.00000144. The fourth-order valence-corrected chi connectivity index (χ4v) is 2.52. The molecule has 1 fully saturated rings. The number of hydrogen-bond acceptors (Lipinski definition) is 3. The van der Waals surface area contributed by atoms with E-state index in [4.69, 9.17) is 17.3 Å². The van der Waals surface area contributed by atoms with Crippen molar-refractivity contribution in [2.75, 3.05) is 0 Å². The molecule has 0 radical (unpaired) electrons. The first kappa shape index (κ1) is 14.5. The molecule has 1 aromatic carbocycles. The minimum Gasteiger partial charge on any atom is -0.385 e. The molecule has 0 aliphatic heterocycles. The number of carbonyl (C=O) groups excluding carboxylic acids is 1. The normalized spacial score (nSPS) is 28.6.